The lowest BCUT2D eigenvalue weighted by atomic mass is 10.0. The fourth-order valence-corrected chi connectivity index (χ4v) is 2.87. The van der Waals surface area contributed by atoms with Crippen molar-refractivity contribution in [2.75, 3.05) is 6.54 Å². The second-order valence-corrected chi connectivity index (χ2v) is 6.75. The molecule has 0 atom stereocenters. The topological polar surface area (TPSA) is 12.0 Å². The Labute approximate surface area is 125 Å². The summed E-state index contributed by atoms with van der Waals surface area (Å²) in [6.07, 6.45) is 9.69. The molecule has 1 aliphatic carbocycles. The molecular weight excluding hydrogens is 242 g/mol. The smallest absolute Gasteiger partial charge is 0.0208 e. The van der Waals surface area contributed by atoms with Gasteiger partial charge in [-0.2, -0.15) is 0 Å². The number of hydrogen-bond donors (Lipinski definition) is 1. The van der Waals surface area contributed by atoms with Crippen LogP contribution < -0.4 is 5.32 Å². The monoisotopic (exact) mass is 273 g/mol. The zero-order chi connectivity index (χ0) is 14.2. The van der Waals surface area contributed by atoms with Crippen LogP contribution in [-0.2, 0) is 6.54 Å². The molecule has 0 radical (unpaired) electrons. The van der Waals surface area contributed by atoms with Crippen molar-refractivity contribution in [1.29, 1.82) is 0 Å². The molecule has 0 unspecified atom stereocenters. The molecule has 112 valence electrons. The zero-order valence-electron chi connectivity index (χ0n) is 13.3. The summed E-state index contributed by atoms with van der Waals surface area (Å²) in [6.45, 7) is 6.86. The van der Waals surface area contributed by atoms with Crippen molar-refractivity contribution in [3.05, 3.63) is 35.4 Å². The van der Waals surface area contributed by atoms with Crippen LogP contribution in [0.15, 0.2) is 24.3 Å². The van der Waals surface area contributed by atoms with Gasteiger partial charge in [0.15, 0.2) is 0 Å². The number of nitrogens with one attached hydrogen (secondary N) is 1. The maximum atomic E-state index is 3.62. The van der Waals surface area contributed by atoms with Crippen molar-refractivity contribution in [1.82, 2.24) is 5.32 Å². The van der Waals surface area contributed by atoms with E-state index in [4.69, 9.17) is 0 Å². The second-order valence-electron chi connectivity index (χ2n) is 6.75. The fourth-order valence-electron chi connectivity index (χ4n) is 2.87. The van der Waals surface area contributed by atoms with Gasteiger partial charge in [-0.1, -0.05) is 63.8 Å². The highest BCUT2D eigenvalue weighted by Crippen LogP contribution is 2.41. The van der Waals surface area contributed by atoms with Crippen molar-refractivity contribution < 1.29 is 0 Å². The molecular formula is C19H31N. The minimum Gasteiger partial charge on any atom is -0.313 e. The van der Waals surface area contributed by atoms with Crippen molar-refractivity contribution in [3.8, 4) is 0 Å². The van der Waals surface area contributed by atoms with E-state index in [0.29, 0.717) is 0 Å². The maximum Gasteiger partial charge on any atom is 0.0208 e. The third kappa shape index (κ3) is 5.66. The molecule has 1 aromatic rings. The van der Waals surface area contributed by atoms with Crippen molar-refractivity contribution >= 4 is 0 Å². The highest BCUT2D eigenvalue weighted by Gasteiger charge is 2.25. The molecule has 2 rings (SSSR count). The minimum absolute atomic E-state index is 0.865. The highest BCUT2D eigenvalue weighted by molar-refractivity contribution is 5.33. The molecule has 0 saturated heterocycles. The number of hydrogen-bond acceptors (Lipinski definition) is 1. The van der Waals surface area contributed by atoms with Gasteiger partial charge < -0.3 is 5.32 Å². The molecule has 1 aliphatic rings. The van der Waals surface area contributed by atoms with E-state index in [-0.39, 0.29) is 0 Å². The maximum absolute atomic E-state index is 3.62. The third-order valence-electron chi connectivity index (χ3n) is 4.27. The van der Waals surface area contributed by atoms with Crippen LogP contribution in [0.1, 0.15) is 75.8 Å². The van der Waals surface area contributed by atoms with E-state index in [1.165, 1.54) is 57.1 Å². The Morgan fingerprint density at radius 1 is 1.05 bits per heavy atom. The summed E-state index contributed by atoms with van der Waals surface area (Å²) in [5, 5.41) is 3.62. The standard InChI is InChI=1S/C19H31N/c1-16(2)9-5-3-4-8-14-20-15-18-10-6-7-11-19(18)17-12-13-17/h6-7,10-11,16-17,20H,3-5,8-9,12-15H2,1-2H3. The van der Waals surface area contributed by atoms with Gasteiger partial charge in [-0.3, -0.25) is 0 Å². The molecule has 20 heavy (non-hydrogen) atoms. The predicted molar refractivity (Wildman–Crippen MR) is 88.0 cm³/mol. The van der Waals surface area contributed by atoms with Crippen LogP contribution in [0.2, 0.25) is 0 Å². The van der Waals surface area contributed by atoms with Gasteiger partial charge in [0.25, 0.3) is 0 Å². The van der Waals surface area contributed by atoms with E-state index >= 15 is 0 Å². The molecule has 1 nitrogen and oxygen atoms in total. The van der Waals surface area contributed by atoms with E-state index in [9.17, 15) is 0 Å². The first kappa shape index (κ1) is 15.6. The number of benzene rings is 1. The average Bonchev–Trinajstić information content (AvgIpc) is 3.26. The van der Waals surface area contributed by atoms with Gasteiger partial charge in [0.2, 0.25) is 0 Å². The molecule has 1 fully saturated rings. The largest absolute Gasteiger partial charge is 0.313 e. The molecule has 0 amide bonds. The third-order valence-corrected chi connectivity index (χ3v) is 4.27. The van der Waals surface area contributed by atoms with E-state index in [0.717, 1.165) is 18.4 Å². The van der Waals surface area contributed by atoms with Gasteiger partial charge in [-0.25, -0.2) is 0 Å². The van der Waals surface area contributed by atoms with Crippen LogP contribution in [0.3, 0.4) is 0 Å². The van der Waals surface area contributed by atoms with E-state index < -0.39 is 0 Å². The summed E-state index contributed by atoms with van der Waals surface area (Å²) < 4.78 is 0. The van der Waals surface area contributed by atoms with Gasteiger partial charge in [-0.05, 0) is 48.8 Å². The SMILES string of the molecule is CC(C)CCCCCCNCc1ccccc1C1CC1. The number of unbranched alkanes of at least 4 members (excludes halogenated alkanes) is 3. The Morgan fingerprint density at radius 2 is 1.80 bits per heavy atom. The lowest BCUT2D eigenvalue weighted by Crippen LogP contribution is -2.15. The number of rotatable bonds is 10. The van der Waals surface area contributed by atoms with E-state index in [1.807, 2.05) is 0 Å². The van der Waals surface area contributed by atoms with Gasteiger partial charge in [-0.15, -0.1) is 0 Å². The van der Waals surface area contributed by atoms with Gasteiger partial charge in [0, 0.05) is 6.54 Å². The Bertz CT molecular complexity index is 379. The lowest BCUT2D eigenvalue weighted by molar-refractivity contribution is 0.512. The lowest BCUT2D eigenvalue weighted by Gasteiger charge is -2.10. The Kier molecular flexibility index (Phi) is 6.59. The van der Waals surface area contributed by atoms with Crippen LogP contribution in [-0.4, -0.2) is 6.54 Å². The van der Waals surface area contributed by atoms with Crippen LogP contribution in [0.4, 0.5) is 0 Å². The molecule has 0 spiro atoms. The van der Waals surface area contributed by atoms with E-state index in [1.54, 1.807) is 5.56 Å². The van der Waals surface area contributed by atoms with Gasteiger partial charge >= 0.3 is 0 Å². The molecule has 0 aromatic heterocycles. The summed E-state index contributed by atoms with van der Waals surface area (Å²) in [6, 6.07) is 8.98. The predicted octanol–water partition coefficient (Wildman–Crippen LogP) is 5.26. The van der Waals surface area contributed by atoms with Gasteiger partial charge in [0.05, 0.1) is 0 Å². The normalized spacial score (nSPS) is 14.9. The summed E-state index contributed by atoms with van der Waals surface area (Å²) >= 11 is 0. The van der Waals surface area contributed by atoms with Crippen LogP contribution in [0.25, 0.3) is 0 Å². The Hall–Kier alpha value is -0.820. The molecule has 1 saturated carbocycles. The summed E-state index contributed by atoms with van der Waals surface area (Å²) in [4.78, 5) is 0. The fraction of sp³-hybridized carbons (Fsp3) is 0.684. The summed E-state index contributed by atoms with van der Waals surface area (Å²) in [7, 11) is 0. The molecule has 1 heteroatoms. The van der Waals surface area contributed by atoms with Crippen molar-refractivity contribution in [3.63, 3.8) is 0 Å². The molecule has 1 N–H and O–H groups in total. The zero-order valence-corrected chi connectivity index (χ0v) is 13.3. The Balaban J connectivity index is 1.55. The minimum atomic E-state index is 0.865. The van der Waals surface area contributed by atoms with Crippen LogP contribution in [0.5, 0.6) is 0 Å². The molecule has 1 aromatic carbocycles. The highest BCUT2D eigenvalue weighted by atomic mass is 14.8. The summed E-state index contributed by atoms with van der Waals surface area (Å²) in [5.41, 5.74) is 3.12. The molecule has 0 aliphatic heterocycles. The van der Waals surface area contributed by atoms with Crippen molar-refractivity contribution in [2.45, 2.75) is 71.3 Å². The van der Waals surface area contributed by atoms with Crippen LogP contribution >= 0.6 is 0 Å². The van der Waals surface area contributed by atoms with E-state index in [2.05, 4.69) is 43.4 Å². The summed E-state index contributed by atoms with van der Waals surface area (Å²) in [5.74, 6) is 1.73. The molecule has 0 bridgehead atoms. The Morgan fingerprint density at radius 3 is 2.55 bits per heavy atom. The quantitative estimate of drug-likeness (QED) is 0.573. The van der Waals surface area contributed by atoms with Crippen LogP contribution in [0, 0.1) is 5.92 Å². The molecule has 0 heterocycles. The average molecular weight is 273 g/mol. The first-order valence-electron chi connectivity index (χ1n) is 8.56. The van der Waals surface area contributed by atoms with Crippen molar-refractivity contribution in [2.24, 2.45) is 5.92 Å². The first-order valence-corrected chi connectivity index (χ1v) is 8.56. The second kappa shape index (κ2) is 8.46. The first-order chi connectivity index (χ1) is 9.77. The van der Waals surface area contributed by atoms with Gasteiger partial charge in [0.1, 0.15) is 0 Å².